The summed E-state index contributed by atoms with van der Waals surface area (Å²) >= 11 is 0. The summed E-state index contributed by atoms with van der Waals surface area (Å²) in [5.41, 5.74) is 1.76. The molecule has 0 bridgehead atoms. The van der Waals surface area contributed by atoms with Crippen LogP contribution in [0.25, 0.3) is 0 Å². The lowest BCUT2D eigenvalue weighted by molar-refractivity contribution is -0.122. The predicted octanol–water partition coefficient (Wildman–Crippen LogP) is 2.08. The van der Waals surface area contributed by atoms with E-state index in [-0.39, 0.29) is 17.7 Å². The van der Waals surface area contributed by atoms with Gasteiger partial charge in [-0.25, -0.2) is 0 Å². The Morgan fingerprint density at radius 2 is 2.11 bits per heavy atom. The molecule has 4 nitrogen and oxygen atoms in total. The van der Waals surface area contributed by atoms with E-state index in [0.29, 0.717) is 18.2 Å². The average Bonchev–Trinajstić information content (AvgIpc) is 2.61. The molecule has 2 rings (SSSR count). The lowest BCUT2D eigenvalue weighted by atomic mass is 10.1. The van der Waals surface area contributed by atoms with Crippen LogP contribution in [-0.4, -0.2) is 17.9 Å². The van der Waals surface area contributed by atoms with E-state index in [9.17, 15) is 9.59 Å². The highest BCUT2D eigenvalue weighted by Crippen LogP contribution is 2.26. The van der Waals surface area contributed by atoms with E-state index >= 15 is 0 Å². The van der Waals surface area contributed by atoms with Crippen molar-refractivity contribution in [2.75, 3.05) is 4.90 Å². The molecular formula is C15H20N2O2. The molecule has 1 unspecified atom stereocenters. The Hall–Kier alpha value is -1.68. The molecule has 1 atom stereocenters. The lowest BCUT2D eigenvalue weighted by Crippen LogP contribution is -2.30. The summed E-state index contributed by atoms with van der Waals surface area (Å²) in [6, 6.07) is 8.00. The van der Waals surface area contributed by atoms with E-state index in [1.54, 1.807) is 6.92 Å². The molecule has 0 aliphatic carbocycles. The predicted molar refractivity (Wildman–Crippen MR) is 74.7 cm³/mol. The number of nitrogens with zero attached hydrogens (tertiary/aromatic N) is 1. The third-order valence-electron chi connectivity index (χ3n) is 3.26. The second-order valence-electron chi connectivity index (χ2n) is 5.38. The van der Waals surface area contributed by atoms with Gasteiger partial charge in [-0.2, -0.15) is 0 Å². The van der Waals surface area contributed by atoms with Gasteiger partial charge in [-0.05, 0) is 17.7 Å². The largest absolute Gasteiger partial charge is 0.310 e. The third-order valence-corrected chi connectivity index (χ3v) is 3.26. The van der Waals surface area contributed by atoms with Crippen LogP contribution in [0.15, 0.2) is 24.3 Å². The molecule has 1 aliphatic heterocycles. The van der Waals surface area contributed by atoms with Crippen LogP contribution in [-0.2, 0) is 16.1 Å². The van der Waals surface area contributed by atoms with Gasteiger partial charge >= 0.3 is 0 Å². The summed E-state index contributed by atoms with van der Waals surface area (Å²) in [7, 11) is 0. The topological polar surface area (TPSA) is 49.4 Å². The Morgan fingerprint density at radius 3 is 2.68 bits per heavy atom. The molecule has 0 spiro atoms. The zero-order chi connectivity index (χ0) is 14.0. The van der Waals surface area contributed by atoms with Crippen LogP contribution < -0.4 is 10.2 Å². The maximum Gasteiger partial charge on any atom is 0.237 e. The van der Waals surface area contributed by atoms with Gasteiger partial charge in [-0.3, -0.25) is 14.5 Å². The highest BCUT2D eigenvalue weighted by atomic mass is 16.2. The zero-order valence-electron chi connectivity index (χ0n) is 11.6. The van der Waals surface area contributed by atoms with Gasteiger partial charge < -0.3 is 5.32 Å². The summed E-state index contributed by atoms with van der Waals surface area (Å²) in [6.45, 7) is 6.69. The highest BCUT2D eigenvalue weighted by molar-refractivity contribution is 6.20. The molecule has 0 saturated carbocycles. The minimum atomic E-state index is -0.204. The third kappa shape index (κ3) is 3.01. The van der Waals surface area contributed by atoms with Gasteiger partial charge in [0.15, 0.2) is 0 Å². The summed E-state index contributed by atoms with van der Waals surface area (Å²) in [5, 5.41) is 3.32. The number of carbonyl (C=O) groups excluding carboxylic acids is 2. The molecule has 1 aromatic rings. The summed E-state index contributed by atoms with van der Waals surface area (Å²) in [6.07, 6.45) is 0.313. The van der Waals surface area contributed by atoms with Crippen LogP contribution in [0.4, 0.5) is 5.69 Å². The van der Waals surface area contributed by atoms with Crippen molar-refractivity contribution in [3.8, 4) is 0 Å². The van der Waals surface area contributed by atoms with Crippen molar-refractivity contribution < 1.29 is 9.59 Å². The van der Waals surface area contributed by atoms with Gasteiger partial charge in [0.05, 0.1) is 5.69 Å². The van der Waals surface area contributed by atoms with Crippen molar-refractivity contribution in [1.82, 2.24) is 5.32 Å². The fourth-order valence-corrected chi connectivity index (χ4v) is 2.18. The summed E-state index contributed by atoms with van der Waals surface area (Å²) < 4.78 is 0. The van der Waals surface area contributed by atoms with Gasteiger partial charge in [0, 0.05) is 24.9 Å². The Balaban J connectivity index is 2.19. The van der Waals surface area contributed by atoms with E-state index in [1.807, 2.05) is 24.3 Å². The number of nitrogens with one attached hydrogen (secondary N) is 1. The summed E-state index contributed by atoms with van der Waals surface area (Å²) in [4.78, 5) is 25.2. The molecule has 4 heteroatoms. The molecule has 1 aromatic carbocycles. The number of anilines is 1. The van der Waals surface area contributed by atoms with Crippen LogP contribution in [0, 0.1) is 5.92 Å². The van der Waals surface area contributed by atoms with Crippen LogP contribution in [0.1, 0.15) is 32.8 Å². The molecular weight excluding hydrogens is 240 g/mol. The first-order chi connectivity index (χ1) is 8.99. The van der Waals surface area contributed by atoms with E-state index < -0.39 is 0 Å². The summed E-state index contributed by atoms with van der Waals surface area (Å²) in [5.74, 6) is -0.407. The van der Waals surface area contributed by atoms with E-state index in [2.05, 4.69) is 19.2 Å². The first-order valence-corrected chi connectivity index (χ1v) is 6.68. The Labute approximate surface area is 113 Å². The van der Waals surface area contributed by atoms with Crippen molar-refractivity contribution in [3.05, 3.63) is 29.8 Å². The van der Waals surface area contributed by atoms with Crippen molar-refractivity contribution in [2.24, 2.45) is 5.92 Å². The van der Waals surface area contributed by atoms with Gasteiger partial charge in [0.1, 0.15) is 0 Å². The van der Waals surface area contributed by atoms with Gasteiger partial charge in [0.2, 0.25) is 11.8 Å². The van der Waals surface area contributed by atoms with Crippen molar-refractivity contribution in [1.29, 1.82) is 0 Å². The van der Waals surface area contributed by atoms with Gasteiger partial charge in [0.25, 0.3) is 0 Å². The SMILES string of the molecule is CC(C)NCc1cccc(N2C(=O)CC(C)C2=O)c1. The molecule has 19 heavy (non-hydrogen) atoms. The number of hydrogen-bond acceptors (Lipinski definition) is 3. The Bertz CT molecular complexity index is 497. The van der Waals surface area contributed by atoms with Crippen LogP contribution in [0.5, 0.6) is 0 Å². The molecule has 1 N–H and O–H groups in total. The first-order valence-electron chi connectivity index (χ1n) is 6.68. The molecule has 102 valence electrons. The molecule has 1 fully saturated rings. The fourth-order valence-electron chi connectivity index (χ4n) is 2.18. The second kappa shape index (κ2) is 5.53. The maximum absolute atomic E-state index is 12.0. The minimum absolute atomic E-state index is 0.0982. The molecule has 2 amide bonds. The van der Waals surface area contributed by atoms with Crippen LogP contribution in [0.2, 0.25) is 0 Å². The van der Waals surface area contributed by atoms with E-state index in [1.165, 1.54) is 4.90 Å². The van der Waals surface area contributed by atoms with Crippen molar-refractivity contribution in [3.63, 3.8) is 0 Å². The molecule has 1 saturated heterocycles. The molecule has 0 radical (unpaired) electrons. The fraction of sp³-hybridized carbons (Fsp3) is 0.467. The second-order valence-corrected chi connectivity index (χ2v) is 5.38. The van der Waals surface area contributed by atoms with Crippen LogP contribution in [0.3, 0.4) is 0 Å². The maximum atomic E-state index is 12.0. The van der Waals surface area contributed by atoms with Crippen LogP contribution >= 0.6 is 0 Å². The van der Waals surface area contributed by atoms with Crippen molar-refractivity contribution in [2.45, 2.75) is 39.8 Å². The number of amides is 2. The number of carbonyl (C=O) groups is 2. The van der Waals surface area contributed by atoms with E-state index in [0.717, 1.165) is 12.1 Å². The first kappa shape index (κ1) is 13.7. The lowest BCUT2D eigenvalue weighted by Gasteiger charge is -2.16. The average molecular weight is 260 g/mol. The zero-order valence-corrected chi connectivity index (χ0v) is 11.6. The Kier molecular flexibility index (Phi) is 4.00. The van der Waals surface area contributed by atoms with Gasteiger partial charge in [-0.15, -0.1) is 0 Å². The molecule has 0 aromatic heterocycles. The highest BCUT2D eigenvalue weighted by Gasteiger charge is 2.36. The van der Waals surface area contributed by atoms with Crippen molar-refractivity contribution >= 4 is 17.5 Å². The number of rotatable bonds is 4. The van der Waals surface area contributed by atoms with E-state index in [4.69, 9.17) is 0 Å². The monoisotopic (exact) mass is 260 g/mol. The number of imide groups is 1. The standard InChI is InChI=1S/C15H20N2O2/c1-10(2)16-9-12-5-4-6-13(8-12)17-14(18)7-11(3)15(17)19/h4-6,8,10-11,16H,7,9H2,1-3H3. The minimum Gasteiger partial charge on any atom is -0.310 e. The smallest absolute Gasteiger partial charge is 0.237 e. The number of benzene rings is 1. The molecule has 1 heterocycles. The molecule has 1 aliphatic rings. The quantitative estimate of drug-likeness (QED) is 0.843. The normalized spacial score (nSPS) is 19.6. The Morgan fingerprint density at radius 1 is 1.37 bits per heavy atom. The number of hydrogen-bond donors (Lipinski definition) is 1. The van der Waals surface area contributed by atoms with Gasteiger partial charge in [-0.1, -0.05) is 32.9 Å².